The van der Waals surface area contributed by atoms with E-state index in [0.29, 0.717) is 24.0 Å². The van der Waals surface area contributed by atoms with E-state index in [4.69, 9.17) is 0 Å². The normalized spacial score (nSPS) is 14.2. The standard InChI is InChI=1S/C12H17BrN2O3/c1-3-12(2,16)8-14-7-9-5-4-6-10(11(9)13)15(17)18/h4-6,14,16H,3,7-8H2,1-2H3. The van der Waals surface area contributed by atoms with Crippen molar-refractivity contribution in [3.63, 3.8) is 0 Å². The molecule has 0 spiro atoms. The minimum Gasteiger partial charge on any atom is -0.389 e. The van der Waals surface area contributed by atoms with Crippen LogP contribution in [-0.2, 0) is 6.54 Å². The van der Waals surface area contributed by atoms with Crippen molar-refractivity contribution in [2.24, 2.45) is 0 Å². The number of hydrogen-bond donors (Lipinski definition) is 2. The van der Waals surface area contributed by atoms with E-state index in [9.17, 15) is 15.2 Å². The molecular weight excluding hydrogens is 300 g/mol. The summed E-state index contributed by atoms with van der Waals surface area (Å²) in [6.07, 6.45) is 0.649. The molecule has 0 radical (unpaired) electrons. The van der Waals surface area contributed by atoms with Crippen molar-refractivity contribution in [1.82, 2.24) is 5.32 Å². The van der Waals surface area contributed by atoms with Gasteiger partial charge in [-0.25, -0.2) is 0 Å². The van der Waals surface area contributed by atoms with Crippen molar-refractivity contribution in [2.45, 2.75) is 32.4 Å². The average molecular weight is 317 g/mol. The maximum atomic E-state index is 10.8. The van der Waals surface area contributed by atoms with Gasteiger partial charge in [-0.1, -0.05) is 19.1 Å². The fourth-order valence-electron chi connectivity index (χ4n) is 1.44. The molecule has 100 valence electrons. The molecule has 0 aliphatic carbocycles. The van der Waals surface area contributed by atoms with Crippen molar-refractivity contribution in [3.8, 4) is 0 Å². The Morgan fingerprint density at radius 2 is 2.22 bits per heavy atom. The first-order valence-corrected chi connectivity index (χ1v) is 6.51. The van der Waals surface area contributed by atoms with E-state index in [-0.39, 0.29) is 5.69 Å². The third-order valence-corrected chi connectivity index (χ3v) is 3.75. The average Bonchev–Trinajstić information content (AvgIpc) is 2.31. The van der Waals surface area contributed by atoms with Crippen LogP contribution in [0.5, 0.6) is 0 Å². The predicted octanol–water partition coefficient (Wildman–Crippen LogP) is 2.61. The molecule has 0 amide bonds. The molecule has 0 saturated heterocycles. The molecule has 1 aromatic rings. The van der Waals surface area contributed by atoms with Gasteiger partial charge in [0.25, 0.3) is 5.69 Å². The first kappa shape index (κ1) is 15.1. The van der Waals surface area contributed by atoms with Gasteiger partial charge in [-0.2, -0.15) is 0 Å². The molecule has 18 heavy (non-hydrogen) atoms. The molecule has 1 unspecified atom stereocenters. The molecule has 0 saturated carbocycles. The summed E-state index contributed by atoms with van der Waals surface area (Å²) in [6, 6.07) is 4.92. The highest BCUT2D eigenvalue weighted by Crippen LogP contribution is 2.28. The van der Waals surface area contributed by atoms with E-state index >= 15 is 0 Å². The Labute approximate surface area is 114 Å². The van der Waals surface area contributed by atoms with Gasteiger partial charge < -0.3 is 10.4 Å². The van der Waals surface area contributed by atoms with Crippen molar-refractivity contribution in [2.75, 3.05) is 6.54 Å². The van der Waals surface area contributed by atoms with Crippen LogP contribution in [0.25, 0.3) is 0 Å². The van der Waals surface area contributed by atoms with Crippen molar-refractivity contribution >= 4 is 21.6 Å². The number of benzene rings is 1. The molecule has 0 bridgehead atoms. The van der Waals surface area contributed by atoms with Crippen molar-refractivity contribution in [1.29, 1.82) is 0 Å². The molecule has 2 N–H and O–H groups in total. The monoisotopic (exact) mass is 316 g/mol. The number of nitrogens with one attached hydrogen (secondary N) is 1. The van der Waals surface area contributed by atoms with Gasteiger partial charge in [0.2, 0.25) is 0 Å². The Hall–Kier alpha value is -0.980. The van der Waals surface area contributed by atoms with E-state index in [1.165, 1.54) is 6.07 Å². The van der Waals surface area contributed by atoms with Gasteiger partial charge in [0, 0.05) is 19.2 Å². The highest BCUT2D eigenvalue weighted by molar-refractivity contribution is 9.10. The van der Waals surface area contributed by atoms with E-state index in [2.05, 4.69) is 21.2 Å². The number of aliphatic hydroxyl groups is 1. The second-order valence-electron chi connectivity index (χ2n) is 4.46. The quantitative estimate of drug-likeness (QED) is 0.625. The summed E-state index contributed by atoms with van der Waals surface area (Å²) in [6.45, 7) is 4.57. The minimum atomic E-state index is -0.757. The predicted molar refractivity (Wildman–Crippen MR) is 73.4 cm³/mol. The van der Waals surface area contributed by atoms with Crippen LogP contribution in [0.4, 0.5) is 5.69 Å². The zero-order valence-electron chi connectivity index (χ0n) is 10.4. The zero-order valence-corrected chi connectivity index (χ0v) is 12.0. The van der Waals surface area contributed by atoms with Gasteiger partial charge in [0.15, 0.2) is 0 Å². The number of hydrogen-bond acceptors (Lipinski definition) is 4. The van der Waals surface area contributed by atoms with Crippen LogP contribution in [0.1, 0.15) is 25.8 Å². The molecule has 0 aliphatic rings. The number of rotatable bonds is 6. The summed E-state index contributed by atoms with van der Waals surface area (Å²) >= 11 is 3.24. The molecule has 0 aliphatic heterocycles. The van der Waals surface area contributed by atoms with Crippen molar-refractivity contribution < 1.29 is 10.0 Å². The number of nitrogens with zero attached hydrogens (tertiary/aromatic N) is 1. The number of nitro benzene ring substituents is 1. The van der Waals surface area contributed by atoms with Gasteiger partial charge in [-0.3, -0.25) is 10.1 Å². The first-order chi connectivity index (χ1) is 8.37. The van der Waals surface area contributed by atoms with Crippen LogP contribution in [0.15, 0.2) is 22.7 Å². The van der Waals surface area contributed by atoms with Gasteiger partial charge in [0.1, 0.15) is 0 Å². The zero-order chi connectivity index (χ0) is 13.8. The van der Waals surface area contributed by atoms with E-state index < -0.39 is 10.5 Å². The van der Waals surface area contributed by atoms with Gasteiger partial charge >= 0.3 is 0 Å². The highest BCUT2D eigenvalue weighted by atomic mass is 79.9. The molecule has 0 fully saturated rings. The van der Waals surface area contributed by atoms with E-state index in [1.54, 1.807) is 13.0 Å². The lowest BCUT2D eigenvalue weighted by Gasteiger charge is -2.21. The Bertz CT molecular complexity index is 435. The smallest absolute Gasteiger partial charge is 0.283 e. The summed E-state index contributed by atoms with van der Waals surface area (Å²) in [7, 11) is 0. The van der Waals surface area contributed by atoms with Crippen LogP contribution in [0, 0.1) is 10.1 Å². The summed E-state index contributed by atoms with van der Waals surface area (Å²) in [5, 5.41) is 23.7. The van der Waals surface area contributed by atoms with E-state index in [1.807, 2.05) is 13.0 Å². The SMILES string of the molecule is CCC(C)(O)CNCc1cccc([N+](=O)[O-])c1Br. The summed E-state index contributed by atoms with van der Waals surface area (Å²) in [4.78, 5) is 10.3. The molecule has 5 nitrogen and oxygen atoms in total. The molecular formula is C12H17BrN2O3. The lowest BCUT2D eigenvalue weighted by atomic mass is 10.0. The van der Waals surface area contributed by atoms with Gasteiger partial charge in [-0.15, -0.1) is 0 Å². The molecule has 1 atom stereocenters. The third-order valence-electron chi connectivity index (χ3n) is 2.84. The largest absolute Gasteiger partial charge is 0.389 e. The summed E-state index contributed by atoms with van der Waals surface area (Å²) in [5.41, 5.74) is 0.0976. The highest BCUT2D eigenvalue weighted by Gasteiger charge is 2.18. The first-order valence-electron chi connectivity index (χ1n) is 5.72. The Morgan fingerprint density at radius 1 is 1.56 bits per heavy atom. The van der Waals surface area contributed by atoms with Crippen LogP contribution < -0.4 is 5.32 Å². The molecule has 6 heteroatoms. The van der Waals surface area contributed by atoms with Crippen molar-refractivity contribution in [3.05, 3.63) is 38.3 Å². The molecule has 1 aromatic carbocycles. The van der Waals surface area contributed by atoms with Crippen LogP contribution in [0.3, 0.4) is 0 Å². The number of nitro groups is 1. The fourth-order valence-corrected chi connectivity index (χ4v) is 1.98. The maximum absolute atomic E-state index is 10.8. The second kappa shape index (κ2) is 6.26. The Morgan fingerprint density at radius 3 is 2.78 bits per heavy atom. The second-order valence-corrected chi connectivity index (χ2v) is 5.25. The van der Waals surface area contributed by atoms with Gasteiger partial charge in [0.05, 0.1) is 15.0 Å². The molecule has 1 rings (SSSR count). The maximum Gasteiger partial charge on any atom is 0.283 e. The lowest BCUT2D eigenvalue weighted by molar-refractivity contribution is -0.385. The topological polar surface area (TPSA) is 75.4 Å². The fraction of sp³-hybridized carbons (Fsp3) is 0.500. The number of halogens is 1. The summed E-state index contributed by atoms with van der Waals surface area (Å²) < 4.78 is 0.485. The Kier molecular flexibility index (Phi) is 5.25. The van der Waals surface area contributed by atoms with Gasteiger partial charge in [-0.05, 0) is 34.8 Å². The molecule has 0 heterocycles. The minimum absolute atomic E-state index is 0.0524. The van der Waals surface area contributed by atoms with E-state index in [0.717, 1.165) is 5.56 Å². The van der Waals surface area contributed by atoms with Crippen LogP contribution in [-0.4, -0.2) is 22.2 Å². The third kappa shape index (κ3) is 4.04. The lowest BCUT2D eigenvalue weighted by Crippen LogP contribution is -2.36. The Balaban J connectivity index is 2.69. The molecule has 0 aromatic heterocycles. The van der Waals surface area contributed by atoms with Crippen LogP contribution in [0.2, 0.25) is 0 Å². The summed E-state index contributed by atoms with van der Waals surface area (Å²) in [5.74, 6) is 0. The van der Waals surface area contributed by atoms with Crippen LogP contribution >= 0.6 is 15.9 Å².